The first kappa shape index (κ1) is 20.1. The summed E-state index contributed by atoms with van der Waals surface area (Å²) in [6.45, 7) is 11.6. The third-order valence-corrected chi connectivity index (χ3v) is 4.94. The topological polar surface area (TPSA) is 44.8 Å². The monoisotopic (exact) mass is 381 g/mol. The second-order valence-corrected chi connectivity index (χ2v) is 7.81. The lowest BCUT2D eigenvalue weighted by atomic mass is 10.00. The van der Waals surface area contributed by atoms with Crippen LogP contribution in [0, 0.1) is 0 Å². The lowest BCUT2D eigenvalue weighted by Crippen LogP contribution is -2.50. The number of amides is 2. The zero-order valence-electron chi connectivity index (χ0n) is 17.3. The molecule has 5 nitrogen and oxygen atoms in total. The first-order valence-electron chi connectivity index (χ1n) is 10.1. The molecule has 150 valence electrons. The molecule has 0 radical (unpaired) electrons. The average molecular weight is 382 g/mol. The van der Waals surface area contributed by atoms with E-state index < -0.39 is 0 Å². The molecule has 0 saturated carbocycles. The SMILES string of the molecule is CC(C)Oc1ccc(NC(=O)N2CCN(c3ccccc3C(C)C)CC2)cc1. The zero-order valence-corrected chi connectivity index (χ0v) is 17.3. The van der Waals surface area contributed by atoms with Crippen LogP contribution in [0.15, 0.2) is 48.5 Å². The van der Waals surface area contributed by atoms with Gasteiger partial charge in [0.25, 0.3) is 0 Å². The van der Waals surface area contributed by atoms with E-state index in [1.807, 2.05) is 43.0 Å². The van der Waals surface area contributed by atoms with Gasteiger partial charge in [-0.15, -0.1) is 0 Å². The first-order chi connectivity index (χ1) is 13.4. The van der Waals surface area contributed by atoms with E-state index in [2.05, 4.69) is 48.3 Å². The van der Waals surface area contributed by atoms with Crippen LogP contribution in [-0.4, -0.2) is 43.2 Å². The highest BCUT2D eigenvalue weighted by atomic mass is 16.5. The van der Waals surface area contributed by atoms with Crippen molar-refractivity contribution >= 4 is 17.4 Å². The zero-order chi connectivity index (χ0) is 20.1. The Balaban J connectivity index is 1.55. The maximum Gasteiger partial charge on any atom is 0.321 e. The number of nitrogens with zero attached hydrogens (tertiary/aromatic N) is 2. The number of hydrogen-bond donors (Lipinski definition) is 1. The van der Waals surface area contributed by atoms with Gasteiger partial charge >= 0.3 is 6.03 Å². The van der Waals surface area contributed by atoms with Gasteiger partial charge in [0.1, 0.15) is 5.75 Å². The van der Waals surface area contributed by atoms with E-state index in [9.17, 15) is 4.79 Å². The highest BCUT2D eigenvalue weighted by Gasteiger charge is 2.23. The standard InChI is InChI=1S/C23H31N3O2/c1-17(2)21-7-5-6-8-22(21)25-13-15-26(16-14-25)23(27)24-19-9-11-20(12-10-19)28-18(3)4/h5-12,17-18H,13-16H2,1-4H3,(H,24,27). The number of anilines is 2. The van der Waals surface area contributed by atoms with Crippen molar-refractivity contribution < 1.29 is 9.53 Å². The summed E-state index contributed by atoms with van der Waals surface area (Å²) >= 11 is 0. The molecule has 1 heterocycles. The average Bonchev–Trinajstić information content (AvgIpc) is 2.69. The van der Waals surface area contributed by atoms with Gasteiger partial charge < -0.3 is 19.9 Å². The molecular weight excluding hydrogens is 350 g/mol. The third kappa shape index (κ3) is 4.97. The summed E-state index contributed by atoms with van der Waals surface area (Å²) in [5.74, 6) is 1.30. The van der Waals surface area contributed by atoms with Crippen molar-refractivity contribution in [2.45, 2.75) is 39.7 Å². The van der Waals surface area contributed by atoms with Crippen LogP contribution in [0.1, 0.15) is 39.2 Å². The van der Waals surface area contributed by atoms with Gasteiger partial charge in [-0.25, -0.2) is 4.79 Å². The molecule has 5 heteroatoms. The number of piperazine rings is 1. The molecule has 1 aliphatic rings. The smallest absolute Gasteiger partial charge is 0.321 e. The van der Waals surface area contributed by atoms with Crippen LogP contribution in [0.25, 0.3) is 0 Å². The van der Waals surface area contributed by atoms with E-state index in [1.54, 1.807) is 0 Å². The lowest BCUT2D eigenvalue weighted by molar-refractivity contribution is 0.208. The van der Waals surface area contributed by atoms with Gasteiger partial charge in [-0.1, -0.05) is 32.0 Å². The molecule has 0 bridgehead atoms. The van der Waals surface area contributed by atoms with Gasteiger partial charge in [0.05, 0.1) is 6.10 Å². The Bertz CT molecular complexity index is 779. The number of ether oxygens (including phenoxy) is 1. The van der Waals surface area contributed by atoms with E-state index in [-0.39, 0.29) is 12.1 Å². The van der Waals surface area contributed by atoms with E-state index in [0.717, 1.165) is 24.5 Å². The fourth-order valence-electron chi connectivity index (χ4n) is 3.51. The number of nitrogens with one attached hydrogen (secondary N) is 1. The Kier molecular flexibility index (Phi) is 6.45. The maximum absolute atomic E-state index is 12.6. The maximum atomic E-state index is 12.6. The predicted octanol–water partition coefficient (Wildman–Crippen LogP) is 4.95. The molecule has 2 amide bonds. The van der Waals surface area contributed by atoms with Gasteiger partial charge in [-0.3, -0.25) is 0 Å². The van der Waals surface area contributed by atoms with E-state index in [4.69, 9.17) is 4.74 Å². The van der Waals surface area contributed by atoms with Crippen LogP contribution in [-0.2, 0) is 0 Å². The minimum atomic E-state index is -0.0469. The van der Waals surface area contributed by atoms with Crippen LogP contribution < -0.4 is 15.0 Å². The summed E-state index contributed by atoms with van der Waals surface area (Å²) in [6.07, 6.45) is 0.137. The van der Waals surface area contributed by atoms with E-state index >= 15 is 0 Å². The number of para-hydroxylation sites is 1. The van der Waals surface area contributed by atoms with Crippen LogP contribution >= 0.6 is 0 Å². The number of carbonyl (C=O) groups excluding carboxylic acids is 1. The molecule has 1 saturated heterocycles. The molecule has 1 aliphatic heterocycles. The number of urea groups is 1. The molecule has 3 rings (SSSR count). The second kappa shape index (κ2) is 9.00. The number of benzene rings is 2. The Hall–Kier alpha value is -2.69. The van der Waals surface area contributed by atoms with E-state index in [1.165, 1.54) is 11.3 Å². The quantitative estimate of drug-likeness (QED) is 0.797. The molecule has 0 unspecified atom stereocenters. The van der Waals surface area contributed by atoms with Crippen molar-refractivity contribution in [3.8, 4) is 5.75 Å². The fourth-order valence-corrected chi connectivity index (χ4v) is 3.51. The molecule has 0 aliphatic carbocycles. The predicted molar refractivity (Wildman–Crippen MR) is 116 cm³/mol. The summed E-state index contributed by atoms with van der Waals surface area (Å²) in [5, 5.41) is 2.99. The summed E-state index contributed by atoms with van der Waals surface area (Å²) in [4.78, 5) is 16.9. The molecule has 2 aromatic carbocycles. The summed E-state index contributed by atoms with van der Waals surface area (Å²) in [5.41, 5.74) is 3.44. The van der Waals surface area contributed by atoms with Gasteiger partial charge in [-0.2, -0.15) is 0 Å². The highest BCUT2D eigenvalue weighted by molar-refractivity contribution is 5.89. The summed E-state index contributed by atoms with van der Waals surface area (Å²) in [6, 6.07) is 16.1. The van der Waals surface area contributed by atoms with Gasteiger partial charge in [0, 0.05) is 37.6 Å². The van der Waals surface area contributed by atoms with E-state index in [0.29, 0.717) is 19.0 Å². The number of rotatable bonds is 5. The molecular formula is C23H31N3O2. The van der Waals surface area contributed by atoms with Crippen LogP contribution in [0.4, 0.5) is 16.2 Å². The molecule has 0 aromatic heterocycles. The first-order valence-corrected chi connectivity index (χ1v) is 10.1. The largest absolute Gasteiger partial charge is 0.491 e. The summed E-state index contributed by atoms with van der Waals surface area (Å²) in [7, 11) is 0. The highest BCUT2D eigenvalue weighted by Crippen LogP contribution is 2.28. The minimum absolute atomic E-state index is 0.0469. The fraction of sp³-hybridized carbons (Fsp3) is 0.435. The van der Waals surface area contributed by atoms with Crippen molar-refractivity contribution in [2.75, 3.05) is 36.4 Å². The van der Waals surface area contributed by atoms with Crippen LogP contribution in [0.5, 0.6) is 5.75 Å². The summed E-state index contributed by atoms with van der Waals surface area (Å²) < 4.78 is 5.64. The molecule has 1 fully saturated rings. The Morgan fingerprint density at radius 2 is 1.57 bits per heavy atom. The van der Waals surface area contributed by atoms with Crippen molar-refractivity contribution in [2.24, 2.45) is 0 Å². The molecule has 0 atom stereocenters. The van der Waals surface area contributed by atoms with Crippen LogP contribution in [0.3, 0.4) is 0 Å². The van der Waals surface area contributed by atoms with Crippen LogP contribution in [0.2, 0.25) is 0 Å². The van der Waals surface area contributed by atoms with Gasteiger partial charge in [0.2, 0.25) is 0 Å². The molecule has 0 spiro atoms. The lowest BCUT2D eigenvalue weighted by Gasteiger charge is -2.37. The molecule has 28 heavy (non-hydrogen) atoms. The van der Waals surface area contributed by atoms with Crippen molar-refractivity contribution in [1.82, 2.24) is 4.90 Å². The van der Waals surface area contributed by atoms with Crippen molar-refractivity contribution in [3.63, 3.8) is 0 Å². The van der Waals surface area contributed by atoms with Crippen molar-refractivity contribution in [3.05, 3.63) is 54.1 Å². The third-order valence-electron chi connectivity index (χ3n) is 4.94. The molecule has 1 N–H and O–H groups in total. The number of hydrogen-bond acceptors (Lipinski definition) is 3. The Labute approximate surface area is 168 Å². The van der Waals surface area contributed by atoms with Crippen molar-refractivity contribution in [1.29, 1.82) is 0 Å². The Morgan fingerprint density at radius 1 is 0.929 bits per heavy atom. The minimum Gasteiger partial charge on any atom is -0.491 e. The second-order valence-electron chi connectivity index (χ2n) is 7.81. The normalized spacial score (nSPS) is 14.5. The Morgan fingerprint density at radius 3 is 2.18 bits per heavy atom. The van der Waals surface area contributed by atoms with Gasteiger partial charge in [0.15, 0.2) is 0 Å². The number of carbonyl (C=O) groups is 1. The van der Waals surface area contributed by atoms with Gasteiger partial charge in [-0.05, 0) is 55.7 Å². The molecule has 2 aromatic rings.